The number of rotatable bonds is 7. The molecule has 0 aliphatic heterocycles. The maximum Gasteiger partial charge on any atom is 0.329 e. The van der Waals surface area contributed by atoms with Crippen molar-refractivity contribution in [3.8, 4) is 5.75 Å². The predicted molar refractivity (Wildman–Crippen MR) is 78.1 cm³/mol. The van der Waals surface area contributed by atoms with Crippen LogP contribution in [0.5, 0.6) is 5.75 Å². The predicted octanol–water partition coefficient (Wildman–Crippen LogP) is 2.64. The number of amides is 1. The average Bonchev–Trinajstić information content (AvgIpc) is 2.95. The van der Waals surface area contributed by atoms with Gasteiger partial charge in [0.2, 0.25) is 5.91 Å². The Morgan fingerprint density at radius 3 is 2.57 bits per heavy atom. The second-order valence-electron chi connectivity index (χ2n) is 5.67. The highest BCUT2D eigenvalue weighted by molar-refractivity contribution is 5.87. The summed E-state index contributed by atoms with van der Waals surface area (Å²) in [4.78, 5) is 23.2. The molecule has 2 rings (SSSR count). The molecule has 2 N–H and O–H groups in total. The zero-order chi connectivity index (χ0) is 16.9. The van der Waals surface area contributed by atoms with Gasteiger partial charge < -0.3 is 15.2 Å². The third-order valence-electron chi connectivity index (χ3n) is 3.94. The summed E-state index contributed by atoms with van der Waals surface area (Å²) in [5, 5.41) is 11.9. The summed E-state index contributed by atoms with van der Waals surface area (Å²) >= 11 is 0. The lowest BCUT2D eigenvalue weighted by Gasteiger charge is -2.25. The van der Waals surface area contributed by atoms with Gasteiger partial charge in [-0.25, -0.2) is 13.6 Å². The summed E-state index contributed by atoms with van der Waals surface area (Å²) in [5.74, 6) is -2.94. The van der Waals surface area contributed by atoms with Crippen LogP contribution in [0.4, 0.5) is 8.78 Å². The third-order valence-corrected chi connectivity index (χ3v) is 3.94. The van der Waals surface area contributed by atoms with E-state index in [1.807, 2.05) is 0 Å². The van der Waals surface area contributed by atoms with E-state index in [2.05, 4.69) is 5.32 Å². The minimum Gasteiger partial charge on any atom is -0.491 e. The number of carboxylic acids is 1. The van der Waals surface area contributed by atoms with Crippen molar-refractivity contribution in [2.75, 3.05) is 6.61 Å². The summed E-state index contributed by atoms with van der Waals surface area (Å²) in [7, 11) is 0. The van der Waals surface area contributed by atoms with Gasteiger partial charge in [-0.15, -0.1) is 0 Å². The molecule has 23 heavy (non-hydrogen) atoms. The van der Waals surface area contributed by atoms with Crippen molar-refractivity contribution in [2.24, 2.45) is 0 Å². The quantitative estimate of drug-likeness (QED) is 0.755. The molecule has 0 unspecified atom stereocenters. The molecule has 1 aromatic carbocycles. The second-order valence-corrected chi connectivity index (χ2v) is 5.67. The Bertz CT molecular complexity index is 585. The van der Waals surface area contributed by atoms with Crippen molar-refractivity contribution < 1.29 is 28.2 Å². The Hall–Kier alpha value is -2.18. The third kappa shape index (κ3) is 4.40. The first-order valence-corrected chi connectivity index (χ1v) is 7.55. The molecule has 1 saturated carbocycles. The molecular weight excluding hydrogens is 308 g/mol. The zero-order valence-corrected chi connectivity index (χ0v) is 12.6. The number of carbonyl (C=O) groups excluding carboxylic acids is 1. The van der Waals surface area contributed by atoms with Gasteiger partial charge in [0.25, 0.3) is 0 Å². The molecule has 0 atom stereocenters. The fourth-order valence-electron chi connectivity index (χ4n) is 2.71. The molecule has 7 heteroatoms. The Balaban J connectivity index is 1.75. The minimum absolute atomic E-state index is 0.0791. The highest BCUT2D eigenvalue weighted by atomic mass is 19.1. The number of hydrogen-bond donors (Lipinski definition) is 2. The van der Waals surface area contributed by atoms with Crippen molar-refractivity contribution in [3.63, 3.8) is 0 Å². The number of hydrogen-bond acceptors (Lipinski definition) is 3. The summed E-state index contributed by atoms with van der Waals surface area (Å²) in [6.45, 7) is 0.0794. The fourth-order valence-corrected chi connectivity index (χ4v) is 2.71. The van der Waals surface area contributed by atoms with E-state index in [4.69, 9.17) is 4.74 Å². The normalized spacial score (nSPS) is 16.1. The van der Waals surface area contributed by atoms with Crippen LogP contribution >= 0.6 is 0 Å². The van der Waals surface area contributed by atoms with Crippen LogP contribution in [0.2, 0.25) is 0 Å². The van der Waals surface area contributed by atoms with Crippen molar-refractivity contribution in [3.05, 3.63) is 29.8 Å². The van der Waals surface area contributed by atoms with E-state index in [0.717, 1.165) is 25.0 Å². The van der Waals surface area contributed by atoms with Crippen LogP contribution in [0, 0.1) is 11.6 Å². The SMILES string of the molecule is O=C(CCCOc1ccc(F)cc1F)NC1(C(=O)O)CCCC1. The number of benzene rings is 1. The summed E-state index contributed by atoms with van der Waals surface area (Å²) in [5.41, 5.74) is -1.15. The number of carbonyl (C=O) groups is 2. The Morgan fingerprint density at radius 2 is 1.96 bits per heavy atom. The van der Waals surface area contributed by atoms with Gasteiger partial charge in [0.1, 0.15) is 11.4 Å². The molecule has 0 saturated heterocycles. The first-order chi connectivity index (χ1) is 10.9. The molecule has 0 heterocycles. The largest absolute Gasteiger partial charge is 0.491 e. The number of nitrogens with one attached hydrogen (secondary N) is 1. The molecule has 0 radical (unpaired) electrons. The molecule has 1 fully saturated rings. The summed E-state index contributed by atoms with van der Waals surface area (Å²) in [6.07, 6.45) is 2.81. The van der Waals surface area contributed by atoms with Gasteiger partial charge in [-0.05, 0) is 31.4 Å². The Kier molecular flexibility index (Phi) is 5.52. The van der Waals surface area contributed by atoms with E-state index >= 15 is 0 Å². The molecule has 0 spiro atoms. The highest BCUT2D eigenvalue weighted by Gasteiger charge is 2.42. The average molecular weight is 327 g/mol. The van der Waals surface area contributed by atoms with E-state index < -0.39 is 23.1 Å². The topological polar surface area (TPSA) is 75.6 Å². The lowest BCUT2D eigenvalue weighted by molar-refractivity contribution is -0.147. The van der Waals surface area contributed by atoms with Crippen molar-refractivity contribution in [1.82, 2.24) is 5.32 Å². The lowest BCUT2D eigenvalue weighted by atomic mass is 9.97. The summed E-state index contributed by atoms with van der Waals surface area (Å²) in [6, 6.07) is 2.99. The Labute approximate surface area is 132 Å². The summed E-state index contributed by atoms with van der Waals surface area (Å²) < 4.78 is 31.2. The molecule has 1 amide bonds. The highest BCUT2D eigenvalue weighted by Crippen LogP contribution is 2.30. The van der Waals surface area contributed by atoms with Crippen molar-refractivity contribution in [1.29, 1.82) is 0 Å². The standard InChI is InChI=1S/C16H19F2NO4/c17-11-5-6-13(12(18)10-11)23-9-3-4-14(20)19-16(15(21)22)7-1-2-8-16/h5-6,10H,1-4,7-9H2,(H,19,20)(H,21,22). The number of halogens is 2. The maximum atomic E-state index is 13.3. The van der Waals surface area contributed by atoms with Gasteiger partial charge >= 0.3 is 5.97 Å². The molecule has 1 aliphatic carbocycles. The number of aliphatic carboxylic acids is 1. The van der Waals surface area contributed by atoms with Gasteiger partial charge in [0.15, 0.2) is 11.6 Å². The molecule has 1 aromatic rings. The van der Waals surface area contributed by atoms with Crippen LogP contribution < -0.4 is 10.1 Å². The molecule has 0 bridgehead atoms. The van der Waals surface area contributed by atoms with E-state index in [0.29, 0.717) is 19.3 Å². The van der Waals surface area contributed by atoms with E-state index in [1.165, 1.54) is 6.07 Å². The molecule has 126 valence electrons. The van der Waals surface area contributed by atoms with E-state index in [-0.39, 0.29) is 24.7 Å². The Morgan fingerprint density at radius 1 is 1.26 bits per heavy atom. The fraction of sp³-hybridized carbons (Fsp3) is 0.500. The van der Waals surface area contributed by atoms with Gasteiger partial charge in [-0.3, -0.25) is 4.79 Å². The second kappa shape index (κ2) is 7.39. The minimum atomic E-state index is -1.15. The molecule has 1 aliphatic rings. The number of carboxylic acid groups (broad SMARTS) is 1. The van der Waals surface area contributed by atoms with Crippen LogP contribution in [0.15, 0.2) is 18.2 Å². The lowest BCUT2D eigenvalue weighted by Crippen LogP contribution is -2.52. The number of ether oxygens (including phenoxy) is 1. The van der Waals surface area contributed by atoms with Gasteiger partial charge in [0, 0.05) is 12.5 Å². The van der Waals surface area contributed by atoms with Crippen LogP contribution in [-0.4, -0.2) is 29.1 Å². The molecule has 5 nitrogen and oxygen atoms in total. The monoisotopic (exact) mass is 327 g/mol. The van der Waals surface area contributed by atoms with Crippen LogP contribution in [0.3, 0.4) is 0 Å². The van der Waals surface area contributed by atoms with Crippen molar-refractivity contribution in [2.45, 2.75) is 44.1 Å². The van der Waals surface area contributed by atoms with Crippen molar-refractivity contribution >= 4 is 11.9 Å². The maximum absolute atomic E-state index is 13.3. The molecular formula is C16H19F2NO4. The first kappa shape index (κ1) is 17.2. The van der Waals surface area contributed by atoms with Crippen LogP contribution in [0.1, 0.15) is 38.5 Å². The van der Waals surface area contributed by atoms with Crippen LogP contribution in [-0.2, 0) is 9.59 Å². The molecule has 0 aromatic heterocycles. The van der Waals surface area contributed by atoms with Gasteiger partial charge in [0.05, 0.1) is 6.61 Å². The van der Waals surface area contributed by atoms with Crippen LogP contribution in [0.25, 0.3) is 0 Å². The van der Waals surface area contributed by atoms with E-state index in [1.54, 1.807) is 0 Å². The smallest absolute Gasteiger partial charge is 0.329 e. The first-order valence-electron chi connectivity index (χ1n) is 7.55. The van der Waals surface area contributed by atoms with Gasteiger partial charge in [-0.1, -0.05) is 12.8 Å². The van der Waals surface area contributed by atoms with Gasteiger partial charge in [-0.2, -0.15) is 0 Å². The van der Waals surface area contributed by atoms with E-state index in [9.17, 15) is 23.5 Å². The zero-order valence-electron chi connectivity index (χ0n) is 12.6.